The van der Waals surface area contributed by atoms with Crippen molar-refractivity contribution in [2.45, 2.75) is 18.9 Å². The third-order valence-corrected chi connectivity index (χ3v) is 4.15. The molecule has 0 aliphatic carbocycles. The van der Waals surface area contributed by atoms with E-state index in [-0.39, 0.29) is 11.8 Å². The van der Waals surface area contributed by atoms with E-state index in [0.29, 0.717) is 23.8 Å². The number of carbonyl (C=O) groups excluding carboxylic acids is 2. The molecule has 0 bridgehead atoms. The molecule has 0 radical (unpaired) electrons. The molecule has 1 fully saturated rings. The fourth-order valence-corrected chi connectivity index (χ4v) is 2.89. The van der Waals surface area contributed by atoms with Gasteiger partial charge in [0, 0.05) is 6.54 Å². The van der Waals surface area contributed by atoms with Gasteiger partial charge in [-0.15, -0.1) is 0 Å². The second-order valence-electron chi connectivity index (χ2n) is 5.60. The maximum atomic E-state index is 12.4. The molecule has 4 rings (SSSR count). The Morgan fingerprint density at radius 2 is 1.62 bits per heavy atom. The Balaban J connectivity index is 1.63. The fraction of sp³-hybridized carbons (Fsp3) is 0.294. The number of benzene rings is 2. The van der Waals surface area contributed by atoms with E-state index in [4.69, 9.17) is 4.74 Å². The number of hydrogen-bond donors (Lipinski definition) is 0. The SMILES string of the molecule is O=C1c2cc3ccccc3cc2C(=O)N1CCCC1CO1. The molecular formula is C17H15NO3. The number of ether oxygens (including phenoxy) is 1. The van der Waals surface area contributed by atoms with Crippen LogP contribution in [0.1, 0.15) is 33.6 Å². The van der Waals surface area contributed by atoms with Gasteiger partial charge in [0.05, 0.1) is 23.8 Å². The largest absolute Gasteiger partial charge is 0.373 e. The summed E-state index contributed by atoms with van der Waals surface area (Å²) in [6, 6.07) is 11.4. The van der Waals surface area contributed by atoms with E-state index >= 15 is 0 Å². The number of carbonyl (C=O) groups is 2. The van der Waals surface area contributed by atoms with Gasteiger partial charge in [-0.05, 0) is 35.7 Å². The van der Waals surface area contributed by atoms with Crippen molar-refractivity contribution in [3.8, 4) is 0 Å². The Kier molecular flexibility index (Phi) is 2.79. The molecule has 4 heteroatoms. The van der Waals surface area contributed by atoms with Crippen LogP contribution in [0.4, 0.5) is 0 Å². The van der Waals surface area contributed by atoms with Gasteiger partial charge < -0.3 is 4.74 Å². The van der Waals surface area contributed by atoms with Crippen LogP contribution in [-0.4, -0.2) is 36.0 Å². The first kappa shape index (κ1) is 12.5. The number of nitrogens with zero attached hydrogens (tertiary/aromatic N) is 1. The smallest absolute Gasteiger partial charge is 0.261 e. The van der Waals surface area contributed by atoms with Crippen LogP contribution in [0.5, 0.6) is 0 Å². The average Bonchev–Trinajstić information content (AvgIpc) is 3.30. The molecule has 2 amide bonds. The summed E-state index contributed by atoms with van der Waals surface area (Å²) in [6.07, 6.45) is 2.05. The highest BCUT2D eigenvalue weighted by Gasteiger charge is 2.35. The van der Waals surface area contributed by atoms with Gasteiger partial charge >= 0.3 is 0 Å². The van der Waals surface area contributed by atoms with Gasteiger partial charge in [-0.3, -0.25) is 14.5 Å². The fourth-order valence-electron chi connectivity index (χ4n) is 2.89. The van der Waals surface area contributed by atoms with Crippen molar-refractivity contribution < 1.29 is 14.3 Å². The Bertz CT molecular complexity index is 694. The van der Waals surface area contributed by atoms with Crippen molar-refractivity contribution >= 4 is 22.6 Å². The van der Waals surface area contributed by atoms with E-state index in [2.05, 4.69) is 0 Å². The molecule has 106 valence electrons. The molecule has 2 aromatic carbocycles. The molecule has 0 spiro atoms. The highest BCUT2D eigenvalue weighted by atomic mass is 16.6. The maximum Gasteiger partial charge on any atom is 0.261 e. The number of hydrogen-bond acceptors (Lipinski definition) is 3. The minimum absolute atomic E-state index is 0.169. The lowest BCUT2D eigenvalue weighted by Gasteiger charge is -2.12. The van der Waals surface area contributed by atoms with Crippen LogP contribution < -0.4 is 0 Å². The number of amides is 2. The van der Waals surface area contributed by atoms with E-state index in [1.54, 1.807) is 0 Å². The maximum absolute atomic E-state index is 12.4. The summed E-state index contributed by atoms with van der Waals surface area (Å²) in [6.45, 7) is 1.29. The summed E-state index contributed by atoms with van der Waals surface area (Å²) < 4.78 is 5.15. The topological polar surface area (TPSA) is 49.9 Å². The lowest BCUT2D eigenvalue weighted by Crippen LogP contribution is -2.30. The molecule has 2 aromatic rings. The summed E-state index contributed by atoms with van der Waals surface area (Å²) in [5, 5.41) is 1.98. The van der Waals surface area contributed by atoms with Crippen molar-refractivity contribution in [3.63, 3.8) is 0 Å². The molecule has 0 N–H and O–H groups in total. The Morgan fingerprint density at radius 1 is 1.05 bits per heavy atom. The molecule has 1 unspecified atom stereocenters. The lowest BCUT2D eigenvalue weighted by molar-refractivity contribution is 0.0650. The molecule has 4 nitrogen and oxygen atoms in total. The minimum Gasteiger partial charge on any atom is -0.373 e. The molecule has 2 aliphatic rings. The van der Waals surface area contributed by atoms with Gasteiger partial charge in [0.25, 0.3) is 11.8 Å². The first-order valence-corrected chi connectivity index (χ1v) is 7.24. The monoisotopic (exact) mass is 281 g/mol. The average molecular weight is 281 g/mol. The van der Waals surface area contributed by atoms with Crippen LogP contribution >= 0.6 is 0 Å². The summed E-state index contributed by atoms with van der Waals surface area (Å²) in [7, 11) is 0. The Hall–Kier alpha value is -2.20. The van der Waals surface area contributed by atoms with Crippen molar-refractivity contribution in [3.05, 3.63) is 47.5 Å². The van der Waals surface area contributed by atoms with Crippen LogP contribution in [0.15, 0.2) is 36.4 Å². The van der Waals surface area contributed by atoms with Crippen molar-refractivity contribution in [2.75, 3.05) is 13.2 Å². The van der Waals surface area contributed by atoms with E-state index in [0.717, 1.165) is 30.2 Å². The highest BCUT2D eigenvalue weighted by Crippen LogP contribution is 2.28. The zero-order valence-corrected chi connectivity index (χ0v) is 11.5. The van der Waals surface area contributed by atoms with Gasteiger partial charge in [-0.2, -0.15) is 0 Å². The highest BCUT2D eigenvalue weighted by molar-refractivity contribution is 6.23. The van der Waals surface area contributed by atoms with Crippen LogP contribution in [0.25, 0.3) is 10.8 Å². The zero-order chi connectivity index (χ0) is 14.4. The molecule has 1 atom stereocenters. The van der Waals surface area contributed by atoms with Crippen LogP contribution in [0.2, 0.25) is 0 Å². The van der Waals surface area contributed by atoms with E-state index in [9.17, 15) is 9.59 Å². The predicted octanol–water partition coefficient (Wildman–Crippen LogP) is 2.61. The van der Waals surface area contributed by atoms with Crippen molar-refractivity contribution in [2.24, 2.45) is 0 Å². The molecule has 2 aliphatic heterocycles. The Labute approximate surface area is 122 Å². The first-order valence-electron chi connectivity index (χ1n) is 7.24. The summed E-state index contributed by atoms with van der Waals surface area (Å²) in [5.74, 6) is -0.338. The van der Waals surface area contributed by atoms with Crippen LogP contribution in [0.3, 0.4) is 0 Å². The van der Waals surface area contributed by atoms with Gasteiger partial charge in [-0.25, -0.2) is 0 Å². The summed E-state index contributed by atoms with van der Waals surface area (Å²) >= 11 is 0. The second kappa shape index (κ2) is 4.67. The van der Waals surface area contributed by atoms with Gasteiger partial charge in [0.1, 0.15) is 0 Å². The van der Waals surface area contributed by atoms with E-state index < -0.39 is 0 Å². The molecule has 0 aromatic heterocycles. The number of fused-ring (bicyclic) bond motifs is 2. The minimum atomic E-state index is -0.169. The predicted molar refractivity (Wildman–Crippen MR) is 78.3 cm³/mol. The van der Waals surface area contributed by atoms with Gasteiger partial charge in [0.15, 0.2) is 0 Å². The van der Waals surface area contributed by atoms with Crippen LogP contribution in [0, 0.1) is 0 Å². The van der Waals surface area contributed by atoms with Gasteiger partial charge in [-0.1, -0.05) is 24.3 Å². The quantitative estimate of drug-likeness (QED) is 0.639. The second-order valence-corrected chi connectivity index (χ2v) is 5.60. The summed E-state index contributed by atoms with van der Waals surface area (Å²) in [5.41, 5.74) is 1.06. The third kappa shape index (κ3) is 2.12. The normalized spacial score (nSPS) is 20.2. The molecular weight excluding hydrogens is 266 g/mol. The molecule has 1 saturated heterocycles. The lowest BCUT2D eigenvalue weighted by atomic mass is 10.0. The number of epoxide rings is 1. The number of imide groups is 1. The van der Waals surface area contributed by atoms with Gasteiger partial charge in [0.2, 0.25) is 0 Å². The standard InChI is InChI=1S/C17H15NO3/c19-16-14-8-11-4-1-2-5-12(11)9-15(14)17(20)18(16)7-3-6-13-10-21-13/h1-2,4-5,8-9,13H,3,6-7,10H2. The third-order valence-electron chi connectivity index (χ3n) is 4.15. The van der Waals surface area contributed by atoms with Crippen molar-refractivity contribution in [1.82, 2.24) is 4.90 Å². The van der Waals surface area contributed by atoms with E-state index in [1.807, 2.05) is 36.4 Å². The zero-order valence-electron chi connectivity index (χ0n) is 11.5. The Morgan fingerprint density at radius 3 is 2.14 bits per heavy atom. The first-order chi connectivity index (χ1) is 10.2. The number of rotatable bonds is 4. The van der Waals surface area contributed by atoms with Crippen molar-refractivity contribution in [1.29, 1.82) is 0 Å². The molecule has 0 saturated carbocycles. The molecule has 21 heavy (non-hydrogen) atoms. The van der Waals surface area contributed by atoms with Crippen LogP contribution in [-0.2, 0) is 4.74 Å². The summed E-state index contributed by atoms with van der Waals surface area (Å²) in [4.78, 5) is 26.2. The molecule has 2 heterocycles. The van der Waals surface area contributed by atoms with E-state index in [1.165, 1.54) is 4.90 Å².